The molecular weight excluding hydrogens is 335 g/mol. The van der Waals surface area contributed by atoms with Crippen LogP contribution in [0.2, 0.25) is 0 Å². The van der Waals surface area contributed by atoms with Crippen molar-refractivity contribution in [1.29, 1.82) is 0 Å². The normalized spacial score (nSPS) is 30.5. The smallest absolute Gasteiger partial charge is 0.242 e. The second-order valence-electron chi connectivity index (χ2n) is 6.24. The summed E-state index contributed by atoms with van der Waals surface area (Å²) in [6, 6.07) is 5.95. The molecule has 2 heterocycles. The van der Waals surface area contributed by atoms with Gasteiger partial charge in [-0.25, -0.2) is 4.39 Å². The molecule has 1 aromatic rings. The predicted molar refractivity (Wildman–Crippen MR) is 90.7 cm³/mol. The molecule has 3 rings (SSSR count). The van der Waals surface area contributed by atoms with E-state index in [1.165, 1.54) is 12.1 Å². The topological polar surface area (TPSA) is 50.8 Å². The number of nitrogens with one attached hydrogen (secondary N) is 1. The lowest BCUT2D eigenvalue weighted by atomic mass is 10.0. The Kier molecular flexibility index (Phi) is 6.57. The van der Waals surface area contributed by atoms with E-state index >= 15 is 0 Å². The van der Waals surface area contributed by atoms with Crippen LogP contribution in [-0.4, -0.2) is 55.3 Å². The van der Waals surface area contributed by atoms with Gasteiger partial charge in [0.2, 0.25) is 5.91 Å². The summed E-state index contributed by atoms with van der Waals surface area (Å²) >= 11 is 0. The quantitative estimate of drug-likeness (QED) is 0.877. The van der Waals surface area contributed by atoms with Gasteiger partial charge in [0.25, 0.3) is 0 Å². The van der Waals surface area contributed by atoms with E-state index in [0.29, 0.717) is 26.2 Å². The van der Waals surface area contributed by atoms with Crippen LogP contribution in [0, 0.1) is 5.82 Å². The number of rotatable bonds is 2. The average molecular weight is 359 g/mol. The fraction of sp³-hybridized carbons (Fsp3) is 0.588. The summed E-state index contributed by atoms with van der Waals surface area (Å²) in [5.41, 5.74) is 0.886. The second kappa shape index (κ2) is 8.25. The number of halogens is 2. The Morgan fingerprint density at radius 2 is 1.96 bits per heavy atom. The van der Waals surface area contributed by atoms with Crippen LogP contribution in [0.15, 0.2) is 24.3 Å². The lowest BCUT2D eigenvalue weighted by Gasteiger charge is -2.40. The van der Waals surface area contributed by atoms with Gasteiger partial charge < -0.3 is 19.7 Å². The molecule has 0 spiro atoms. The van der Waals surface area contributed by atoms with Gasteiger partial charge in [-0.15, -0.1) is 12.4 Å². The molecule has 1 aromatic carbocycles. The molecule has 0 aromatic heterocycles. The molecule has 7 heteroatoms. The lowest BCUT2D eigenvalue weighted by Crippen LogP contribution is -2.59. The molecule has 4 atom stereocenters. The molecule has 0 radical (unpaired) electrons. The van der Waals surface area contributed by atoms with Gasteiger partial charge in [0.1, 0.15) is 18.0 Å². The largest absolute Gasteiger partial charge is 0.375 e. The van der Waals surface area contributed by atoms with Gasteiger partial charge in [-0.1, -0.05) is 12.1 Å². The van der Waals surface area contributed by atoms with Crippen molar-refractivity contribution in [2.24, 2.45) is 0 Å². The van der Waals surface area contributed by atoms with Crippen molar-refractivity contribution >= 4 is 18.3 Å². The highest BCUT2D eigenvalue weighted by Crippen LogP contribution is 2.26. The van der Waals surface area contributed by atoms with Gasteiger partial charge in [-0.05, 0) is 31.5 Å². The van der Waals surface area contributed by atoms with Crippen LogP contribution in [0.1, 0.15) is 25.5 Å². The molecule has 2 saturated heterocycles. The Labute approximate surface area is 147 Å². The highest BCUT2D eigenvalue weighted by molar-refractivity contribution is 5.85. The molecule has 0 aliphatic carbocycles. The number of nitrogens with zero attached hydrogens (tertiary/aromatic N) is 1. The van der Waals surface area contributed by atoms with Crippen LogP contribution in [0.5, 0.6) is 0 Å². The highest BCUT2D eigenvalue weighted by atomic mass is 35.5. The number of morpholine rings is 2. The Morgan fingerprint density at radius 3 is 2.62 bits per heavy atom. The molecule has 2 aliphatic heterocycles. The SMILES string of the molecule is CC1CN(C(=O)[C@H]2NCCO[C@@H]2C)CC(c2ccc(F)cc2)O1.Cl. The number of hydrogen-bond donors (Lipinski definition) is 1. The van der Waals surface area contributed by atoms with Gasteiger partial charge in [0.05, 0.1) is 25.4 Å². The maximum atomic E-state index is 13.1. The van der Waals surface area contributed by atoms with Crippen molar-refractivity contribution in [2.45, 2.75) is 38.2 Å². The van der Waals surface area contributed by atoms with Crippen molar-refractivity contribution in [1.82, 2.24) is 10.2 Å². The number of carbonyl (C=O) groups excluding carboxylic acids is 1. The van der Waals surface area contributed by atoms with Crippen molar-refractivity contribution in [3.8, 4) is 0 Å². The zero-order valence-corrected chi connectivity index (χ0v) is 14.7. The van der Waals surface area contributed by atoms with Gasteiger partial charge >= 0.3 is 0 Å². The predicted octanol–water partition coefficient (Wildman–Crippen LogP) is 1.91. The first kappa shape index (κ1) is 19.1. The van der Waals surface area contributed by atoms with Crippen LogP contribution in [0.25, 0.3) is 0 Å². The Morgan fingerprint density at radius 1 is 1.25 bits per heavy atom. The fourth-order valence-electron chi connectivity index (χ4n) is 3.20. The van der Waals surface area contributed by atoms with Crippen molar-refractivity contribution in [3.05, 3.63) is 35.6 Å². The summed E-state index contributed by atoms with van der Waals surface area (Å²) in [7, 11) is 0. The van der Waals surface area contributed by atoms with E-state index in [1.807, 2.05) is 18.7 Å². The minimum Gasteiger partial charge on any atom is -0.375 e. The summed E-state index contributed by atoms with van der Waals surface area (Å²) < 4.78 is 24.6. The number of hydrogen-bond acceptors (Lipinski definition) is 4. The molecule has 134 valence electrons. The van der Waals surface area contributed by atoms with Gasteiger partial charge in [0.15, 0.2) is 0 Å². The summed E-state index contributed by atoms with van der Waals surface area (Å²) in [6.07, 6.45) is -0.440. The molecule has 0 bridgehead atoms. The second-order valence-corrected chi connectivity index (χ2v) is 6.24. The minimum atomic E-state index is -0.317. The monoisotopic (exact) mass is 358 g/mol. The van der Waals surface area contributed by atoms with E-state index < -0.39 is 0 Å². The molecule has 1 amide bonds. The zero-order chi connectivity index (χ0) is 16.4. The number of carbonyl (C=O) groups is 1. The van der Waals surface area contributed by atoms with E-state index in [9.17, 15) is 9.18 Å². The van der Waals surface area contributed by atoms with Crippen molar-refractivity contribution in [2.75, 3.05) is 26.2 Å². The van der Waals surface area contributed by atoms with Gasteiger partial charge in [-0.3, -0.25) is 4.79 Å². The van der Waals surface area contributed by atoms with Crippen LogP contribution < -0.4 is 5.32 Å². The van der Waals surface area contributed by atoms with Crippen LogP contribution in [0.4, 0.5) is 4.39 Å². The summed E-state index contributed by atoms with van der Waals surface area (Å²) in [6.45, 7) is 6.20. The molecule has 5 nitrogen and oxygen atoms in total. The molecule has 1 N–H and O–H groups in total. The maximum Gasteiger partial charge on any atom is 0.242 e. The Balaban J connectivity index is 0.00000208. The molecular formula is C17H24ClFN2O3. The summed E-state index contributed by atoms with van der Waals surface area (Å²) in [5, 5.41) is 3.24. The van der Waals surface area contributed by atoms with Gasteiger partial charge in [-0.2, -0.15) is 0 Å². The average Bonchev–Trinajstić information content (AvgIpc) is 2.55. The van der Waals surface area contributed by atoms with Crippen LogP contribution in [-0.2, 0) is 14.3 Å². The third kappa shape index (κ3) is 4.25. The van der Waals surface area contributed by atoms with Crippen molar-refractivity contribution < 1.29 is 18.7 Å². The number of benzene rings is 1. The number of ether oxygens (including phenoxy) is 2. The van der Waals surface area contributed by atoms with Crippen molar-refractivity contribution in [3.63, 3.8) is 0 Å². The minimum absolute atomic E-state index is 0. The van der Waals surface area contributed by atoms with E-state index in [2.05, 4.69) is 5.32 Å². The Hall–Kier alpha value is -1.21. The molecule has 0 saturated carbocycles. The summed E-state index contributed by atoms with van der Waals surface area (Å²) in [4.78, 5) is 14.6. The Bertz CT molecular complexity index is 557. The third-order valence-corrected chi connectivity index (χ3v) is 4.40. The third-order valence-electron chi connectivity index (χ3n) is 4.40. The maximum absolute atomic E-state index is 13.1. The van der Waals surface area contributed by atoms with Crippen LogP contribution in [0.3, 0.4) is 0 Å². The van der Waals surface area contributed by atoms with E-state index in [0.717, 1.165) is 5.56 Å². The van der Waals surface area contributed by atoms with E-state index in [4.69, 9.17) is 9.47 Å². The first-order valence-corrected chi connectivity index (χ1v) is 8.09. The first-order chi connectivity index (χ1) is 11.0. The molecule has 2 unspecified atom stereocenters. The van der Waals surface area contributed by atoms with E-state index in [1.54, 1.807) is 12.1 Å². The van der Waals surface area contributed by atoms with Crippen LogP contribution >= 0.6 is 12.4 Å². The number of amides is 1. The van der Waals surface area contributed by atoms with E-state index in [-0.39, 0.29) is 48.5 Å². The molecule has 2 aliphatic rings. The molecule has 24 heavy (non-hydrogen) atoms. The molecule has 2 fully saturated rings. The standard InChI is InChI=1S/C17H23FN2O3.ClH/c1-11-9-20(17(21)16-12(2)22-8-7-19-16)10-15(23-11)13-3-5-14(18)6-4-13;/h3-6,11-12,15-16,19H,7-10H2,1-2H3;1H/t11?,12-,15?,16+;/m1./s1. The van der Waals surface area contributed by atoms with Gasteiger partial charge in [0, 0.05) is 13.1 Å². The first-order valence-electron chi connectivity index (χ1n) is 8.09. The summed E-state index contributed by atoms with van der Waals surface area (Å²) in [5.74, 6) is -0.234. The zero-order valence-electron chi connectivity index (χ0n) is 13.9. The fourth-order valence-corrected chi connectivity index (χ4v) is 3.20. The highest BCUT2D eigenvalue weighted by Gasteiger charge is 2.36. The lowest BCUT2D eigenvalue weighted by molar-refractivity contribution is -0.152.